The van der Waals surface area contributed by atoms with Gasteiger partial charge in [0.2, 0.25) is 0 Å². The summed E-state index contributed by atoms with van der Waals surface area (Å²) in [6.45, 7) is 10.2. The number of unbranched alkanes of at least 4 members (excludes halogenated alkanes) is 4. The first-order valence-electron chi connectivity index (χ1n) is 9.43. The molecule has 0 aliphatic heterocycles. The number of hydrogen-bond donors (Lipinski definition) is 0. The highest BCUT2D eigenvalue weighted by Gasteiger charge is 2.31. The summed E-state index contributed by atoms with van der Waals surface area (Å²) in [7, 11) is 1.85. The average Bonchev–Trinajstić information content (AvgIpc) is 2.52. The van der Waals surface area contributed by atoms with Crippen LogP contribution in [0.15, 0.2) is 12.2 Å². The molecule has 2 unspecified atom stereocenters. The van der Waals surface area contributed by atoms with Crippen molar-refractivity contribution in [3.63, 3.8) is 0 Å². The van der Waals surface area contributed by atoms with Crippen LogP contribution in [0.5, 0.6) is 0 Å². The molecule has 0 saturated carbocycles. The third kappa shape index (κ3) is 9.63. The molecular formula is C20H40O2. The fourth-order valence-electron chi connectivity index (χ4n) is 3.25. The topological polar surface area (TPSA) is 18.5 Å². The molecule has 0 aromatic heterocycles. The van der Waals surface area contributed by atoms with Crippen LogP contribution in [0.4, 0.5) is 0 Å². The van der Waals surface area contributed by atoms with E-state index in [-0.39, 0.29) is 5.60 Å². The maximum absolute atomic E-state index is 5.94. The van der Waals surface area contributed by atoms with Gasteiger partial charge in [0.15, 0.2) is 0 Å². The van der Waals surface area contributed by atoms with Gasteiger partial charge in [-0.25, -0.2) is 0 Å². The van der Waals surface area contributed by atoms with Crippen molar-refractivity contribution in [2.24, 2.45) is 5.92 Å². The van der Waals surface area contributed by atoms with Gasteiger partial charge in [0.1, 0.15) is 0 Å². The van der Waals surface area contributed by atoms with Crippen LogP contribution >= 0.6 is 0 Å². The summed E-state index contributed by atoms with van der Waals surface area (Å²) < 4.78 is 11.7. The third-order valence-corrected chi connectivity index (χ3v) is 4.49. The van der Waals surface area contributed by atoms with Crippen LogP contribution in [-0.2, 0) is 9.47 Å². The van der Waals surface area contributed by atoms with Gasteiger partial charge in [-0.05, 0) is 39.0 Å². The Labute approximate surface area is 139 Å². The fourth-order valence-corrected chi connectivity index (χ4v) is 3.25. The van der Waals surface area contributed by atoms with Gasteiger partial charge in [-0.2, -0.15) is 0 Å². The van der Waals surface area contributed by atoms with Gasteiger partial charge in [0, 0.05) is 13.7 Å². The first-order chi connectivity index (χ1) is 10.7. The Morgan fingerprint density at radius 2 is 1.73 bits per heavy atom. The maximum Gasteiger partial charge on any atom is 0.0916 e. The van der Waals surface area contributed by atoms with E-state index < -0.39 is 0 Å². The van der Waals surface area contributed by atoms with Crippen molar-refractivity contribution in [3.05, 3.63) is 12.2 Å². The Kier molecular flexibility index (Phi) is 14.0. The summed E-state index contributed by atoms with van der Waals surface area (Å²) in [6, 6.07) is 0. The largest absolute Gasteiger partial charge is 0.379 e. The SMILES string of the molecule is CC=CC(CCCCCCC)CC(CCC)(COCC)OC. The van der Waals surface area contributed by atoms with Crippen molar-refractivity contribution in [1.82, 2.24) is 0 Å². The first kappa shape index (κ1) is 21.7. The zero-order valence-corrected chi connectivity index (χ0v) is 15.8. The Bertz CT molecular complexity index is 262. The Hall–Kier alpha value is -0.340. The lowest BCUT2D eigenvalue weighted by atomic mass is 9.84. The van der Waals surface area contributed by atoms with Gasteiger partial charge in [-0.15, -0.1) is 0 Å². The summed E-state index contributed by atoms with van der Waals surface area (Å²) in [4.78, 5) is 0. The highest BCUT2D eigenvalue weighted by atomic mass is 16.5. The molecule has 22 heavy (non-hydrogen) atoms. The fraction of sp³-hybridized carbons (Fsp3) is 0.900. The van der Waals surface area contributed by atoms with Crippen molar-refractivity contribution < 1.29 is 9.47 Å². The average molecular weight is 313 g/mol. The predicted octanol–water partition coefficient (Wildman–Crippen LogP) is 6.15. The molecule has 2 heteroatoms. The number of methoxy groups -OCH3 is 1. The van der Waals surface area contributed by atoms with Crippen LogP contribution in [0, 0.1) is 5.92 Å². The summed E-state index contributed by atoms with van der Waals surface area (Å²) >= 11 is 0. The molecule has 0 aliphatic carbocycles. The van der Waals surface area contributed by atoms with Gasteiger partial charge in [-0.3, -0.25) is 0 Å². The molecule has 0 aromatic rings. The summed E-state index contributed by atoms with van der Waals surface area (Å²) in [6.07, 6.45) is 15.9. The molecule has 0 aromatic carbocycles. The van der Waals surface area contributed by atoms with Crippen LogP contribution < -0.4 is 0 Å². The molecule has 132 valence electrons. The van der Waals surface area contributed by atoms with Crippen LogP contribution in [0.1, 0.15) is 85.5 Å². The maximum atomic E-state index is 5.94. The van der Waals surface area contributed by atoms with Gasteiger partial charge >= 0.3 is 0 Å². The summed E-state index contributed by atoms with van der Waals surface area (Å²) in [5.41, 5.74) is -0.113. The van der Waals surface area contributed by atoms with Gasteiger partial charge < -0.3 is 9.47 Å². The normalized spacial score (nSPS) is 16.0. The predicted molar refractivity (Wildman–Crippen MR) is 97.4 cm³/mol. The molecule has 0 radical (unpaired) electrons. The number of rotatable bonds is 15. The quantitative estimate of drug-likeness (QED) is 0.267. The van der Waals surface area contributed by atoms with Gasteiger partial charge in [0.25, 0.3) is 0 Å². The molecule has 0 N–H and O–H groups in total. The van der Waals surface area contributed by atoms with Crippen LogP contribution in [0.2, 0.25) is 0 Å². The van der Waals surface area contributed by atoms with Gasteiger partial charge in [-0.1, -0.05) is 64.5 Å². The molecule has 0 fully saturated rings. The minimum Gasteiger partial charge on any atom is -0.379 e. The molecule has 0 saturated heterocycles. The summed E-state index contributed by atoms with van der Waals surface area (Å²) in [5, 5.41) is 0. The lowest BCUT2D eigenvalue weighted by molar-refractivity contribution is -0.0897. The van der Waals surface area contributed by atoms with Crippen molar-refractivity contribution in [2.75, 3.05) is 20.3 Å². The second-order valence-corrected chi connectivity index (χ2v) is 6.47. The van der Waals surface area contributed by atoms with E-state index in [9.17, 15) is 0 Å². The highest BCUT2D eigenvalue weighted by Crippen LogP contribution is 2.30. The van der Waals surface area contributed by atoms with Gasteiger partial charge in [0.05, 0.1) is 12.2 Å². The molecule has 0 spiro atoms. The zero-order chi connectivity index (χ0) is 16.7. The van der Waals surface area contributed by atoms with Crippen LogP contribution in [0.3, 0.4) is 0 Å². The number of ether oxygens (including phenoxy) is 2. The molecule has 0 heterocycles. The molecule has 0 bridgehead atoms. The van der Waals surface area contributed by atoms with E-state index in [0.717, 1.165) is 32.5 Å². The number of hydrogen-bond acceptors (Lipinski definition) is 2. The van der Waals surface area contributed by atoms with E-state index in [1.54, 1.807) is 0 Å². The van der Waals surface area contributed by atoms with E-state index in [1.165, 1.54) is 38.5 Å². The minimum atomic E-state index is -0.113. The molecule has 0 aliphatic rings. The smallest absolute Gasteiger partial charge is 0.0916 e. The van der Waals surface area contributed by atoms with Crippen molar-refractivity contribution in [3.8, 4) is 0 Å². The van der Waals surface area contributed by atoms with E-state index in [0.29, 0.717) is 5.92 Å². The second-order valence-electron chi connectivity index (χ2n) is 6.47. The minimum absolute atomic E-state index is 0.113. The van der Waals surface area contributed by atoms with E-state index in [1.807, 2.05) is 7.11 Å². The molecule has 0 amide bonds. The third-order valence-electron chi connectivity index (χ3n) is 4.49. The van der Waals surface area contributed by atoms with Crippen molar-refractivity contribution in [1.29, 1.82) is 0 Å². The molecule has 2 nitrogen and oxygen atoms in total. The monoisotopic (exact) mass is 312 g/mol. The van der Waals surface area contributed by atoms with Crippen LogP contribution in [0.25, 0.3) is 0 Å². The molecule has 0 rings (SSSR count). The Morgan fingerprint density at radius 1 is 1.00 bits per heavy atom. The zero-order valence-electron chi connectivity index (χ0n) is 15.8. The van der Waals surface area contributed by atoms with Crippen molar-refractivity contribution in [2.45, 2.75) is 91.1 Å². The van der Waals surface area contributed by atoms with E-state index >= 15 is 0 Å². The Balaban J connectivity index is 4.54. The highest BCUT2D eigenvalue weighted by molar-refractivity contribution is 4.92. The van der Waals surface area contributed by atoms with E-state index in [4.69, 9.17) is 9.47 Å². The second kappa shape index (κ2) is 14.3. The lowest BCUT2D eigenvalue weighted by Gasteiger charge is -2.34. The van der Waals surface area contributed by atoms with E-state index in [2.05, 4.69) is 39.8 Å². The Morgan fingerprint density at radius 3 is 2.27 bits per heavy atom. The molecule has 2 atom stereocenters. The van der Waals surface area contributed by atoms with Crippen molar-refractivity contribution >= 4 is 0 Å². The summed E-state index contributed by atoms with van der Waals surface area (Å²) in [5.74, 6) is 0.610. The first-order valence-corrected chi connectivity index (χ1v) is 9.43. The number of allylic oxidation sites excluding steroid dienone is 2. The molecular weight excluding hydrogens is 272 g/mol. The standard InChI is InChI=1S/C20H40O2/c1-6-10-11-12-13-15-19(14-7-2)17-20(21-5,16-8-3)18-22-9-4/h7,14,19H,6,8-13,15-18H2,1-5H3. The van der Waals surface area contributed by atoms with Crippen LogP contribution in [-0.4, -0.2) is 25.9 Å². The lowest BCUT2D eigenvalue weighted by Crippen LogP contribution is -2.39.